The van der Waals surface area contributed by atoms with E-state index in [1.165, 1.54) is 24.3 Å². The average Bonchev–Trinajstić information content (AvgIpc) is 3.21. The number of rotatable bonds is 3. The molecular formula is C16H11ClF2N2O5. The van der Waals surface area contributed by atoms with Gasteiger partial charge < -0.3 is 24.3 Å². The van der Waals surface area contributed by atoms with Crippen molar-refractivity contribution < 1.29 is 32.5 Å². The Bertz CT molecular complexity index is 874. The third-order valence-corrected chi connectivity index (χ3v) is 3.94. The minimum atomic E-state index is -3.79. The number of amides is 1. The predicted octanol–water partition coefficient (Wildman–Crippen LogP) is 3.35. The van der Waals surface area contributed by atoms with Crippen LogP contribution in [-0.2, 0) is 9.47 Å². The number of hydrogen-bond acceptors (Lipinski definition) is 6. The number of para-hydroxylation sites is 1. The quantitative estimate of drug-likeness (QED) is 0.817. The molecule has 1 amide bonds. The van der Waals surface area contributed by atoms with Gasteiger partial charge in [-0.05, 0) is 24.3 Å². The number of benzene rings is 1. The SMILES string of the molecule is O=C(Nc1cccc2c1OC(F)(F)O2)c1ccc(C2OCCO2)nc1Cl. The van der Waals surface area contributed by atoms with E-state index < -0.39 is 18.5 Å². The summed E-state index contributed by atoms with van der Waals surface area (Å²) in [5, 5.41) is 2.39. The Kier molecular flexibility index (Phi) is 4.14. The normalized spacial score (nSPS) is 18.1. The Morgan fingerprint density at radius 2 is 1.96 bits per heavy atom. The highest BCUT2D eigenvalue weighted by Gasteiger charge is 2.44. The molecule has 0 bridgehead atoms. The highest BCUT2D eigenvalue weighted by atomic mass is 35.5. The molecule has 2 aliphatic rings. The van der Waals surface area contributed by atoms with Crippen LogP contribution in [0.4, 0.5) is 14.5 Å². The third kappa shape index (κ3) is 3.16. The van der Waals surface area contributed by atoms with Crippen molar-refractivity contribution >= 4 is 23.2 Å². The zero-order chi connectivity index (χ0) is 18.3. The summed E-state index contributed by atoms with van der Waals surface area (Å²) in [4.78, 5) is 16.5. The molecule has 2 aliphatic heterocycles. The second-order valence-corrected chi connectivity index (χ2v) is 5.76. The maximum Gasteiger partial charge on any atom is 0.586 e. The number of hydrogen-bond donors (Lipinski definition) is 1. The number of fused-ring (bicyclic) bond motifs is 1. The van der Waals surface area contributed by atoms with Crippen molar-refractivity contribution in [3.05, 3.63) is 46.7 Å². The van der Waals surface area contributed by atoms with Crippen LogP contribution in [-0.4, -0.2) is 30.4 Å². The molecule has 0 unspecified atom stereocenters. The number of ether oxygens (including phenoxy) is 4. The van der Waals surface area contributed by atoms with Crippen LogP contribution in [0.5, 0.6) is 11.5 Å². The predicted molar refractivity (Wildman–Crippen MR) is 84.5 cm³/mol. The van der Waals surface area contributed by atoms with Gasteiger partial charge in [-0.2, -0.15) is 0 Å². The minimum absolute atomic E-state index is 0.0206. The molecule has 0 aliphatic carbocycles. The lowest BCUT2D eigenvalue weighted by Gasteiger charge is -2.12. The molecule has 0 atom stereocenters. The van der Waals surface area contributed by atoms with E-state index in [0.29, 0.717) is 18.9 Å². The number of carbonyl (C=O) groups is 1. The zero-order valence-electron chi connectivity index (χ0n) is 13.0. The molecule has 1 N–H and O–H groups in total. The van der Waals surface area contributed by atoms with E-state index in [9.17, 15) is 13.6 Å². The Hall–Kier alpha value is -2.49. The van der Waals surface area contributed by atoms with Crippen molar-refractivity contribution in [2.75, 3.05) is 18.5 Å². The van der Waals surface area contributed by atoms with Gasteiger partial charge in [0.05, 0.1) is 30.2 Å². The fourth-order valence-corrected chi connectivity index (χ4v) is 2.78. The van der Waals surface area contributed by atoms with Crippen LogP contribution in [0, 0.1) is 0 Å². The first-order valence-corrected chi connectivity index (χ1v) is 7.90. The topological polar surface area (TPSA) is 78.9 Å². The van der Waals surface area contributed by atoms with Crippen LogP contribution < -0.4 is 14.8 Å². The summed E-state index contributed by atoms with van der Waals surface area (Å²) in [6, 6.07) is 7.13. The summed E-state index contributed by atoms with van der Waals surface area (Å²) in [5.74, 6) is -1.09. The van der Waals surface area contributed by atoms with Crippen LogP contribution in [0.15, 0.2) is 30.3 Å². The first kappa shape index (κ1) is 17.0. The average molecular weight is 385 g/mol. The third-order valence-electron chi connectivity index (χ3n) is 3.65. The van der Waals surface area contributed by atoms with Crippen molar-refractivity contribution in [2.45, 2.75) is 12.6 Å². The number of carbonyl (C=O) groups excluding carboxylic acids is 1. The van der Waals surface area contributed by atoms with E-state index >= 15 is 0 Å². The molecule has 1 saturated heterocycles. The molecule has 26 heavy (non-hydrogen) atoms. The summed E-state index contributed by atoms with van der Waals surface area (Å²) in [7, 11) is 0. The second-order valence-electron chi connectivity index (χ2n) is 5.40. The number of halogens is 3. The van der Waals surface area contributed by atoms with Gasteiger partial charge >= 0.3 is 6.29 Å². The molecule has 1 aromatic carbocycles. The van der Waals surface area contributed by atoms with E-state index in [0.717, 1.165) is 0 Å². The molecule has 3 heterocycles. The summed E-state index contributed by atoms with van der Waals surface area (Å²) in [6.07, 6.45) is -4.42. The summed E-state index contributed by atoms with van der Waals surface area (Å²) in [5.41, 5.74) is 0.505. The van der Waals surface area contributed by atoms with Crippen LogP contribution in [0.3, 0.4) is 0 Å². The summed E-state index contributed by atoms with van der Waals surface area (Å²) in [6.45, 7) is 0.885. The first-order valence-electron chi connectivity index (χ1n) is 7.53. The molecule has 1 fully saturated rings. The number of anilines is 1. The highest BCUT2D eigenvalue weighted by molar-refractivity contribution is 6.33. The second kappa shape index (κ2) is 6.35. The fourth-order valence-electron chi connectivity index (χ4n) is 2.54. The Morgan fingerprint density at radius 1 is 1.19 bits per heavy atom. The van der Waals surface area contributed by atoms with E-state index in [2.05, 4.69) is 19.8 Å². The van der Waals surface area contributed by atoms with Crippen molar-refractivity contribution in [1.29, 1.82) is 0 Å². The molecule has 0 spiro atoms. The molecular weight excluding hydrogens is 374 g/mol. The number of alkyl halides is 2. The molecule has 0 radical (unpaired) electrons. The number of nitrogens with one attached hydrogen (secondary N) is 1. The van der Waals surface area contributed by atoms with E-state index in [1.54, 1.807) is 6.07 Å². The van der Waals surface area contributed by atoms with Crippen LogP contribution in [0.25, 0.3) is 0 Å². The standard InChI is InChI=1S/C16H11ClF2N2O5/c17-13-8(4-5-10(20-13)15-23-6-7-24-15)14(22)21-9-2-1-3-11-12(9)26-16(18,19)25-11/h1-5,15H,6-7H2,(H,21,22). The van der Waals surface area contributed by atoms with Gasteiger partial charge in [-0.3, -0.25) is 4.79 Å². The van der Waals surface area contributed by atoms with Gasteiger partial charge in [-0.1, -0.05) is 17.7 Å². The molecule has 0 saturated carbocycles. The van der Waals surface area contributed by atoms with Gasteiger partial charge in [0, 0.05) is 0 Å². The Morgan fingerprint density at radius 3 is 2.69 bits per heavy atom. The molecule has 10 heteroatoms. The van der Waals surface area contributed by atoms with Crippen LogP contribution in [0.2, 0.25) is 5.15 Å². The number of nitrogens with zero attached hydrogens (tertiary/aromatic N) is 1. The van der Waals surface area contributed by atoms with Crippen molar-refractivity contribution in [2.24, 2.45) is 0 Å². The van der Waals surface area contributed by atoms with Gasteiger partial charge in [0.2, 0.25) is 6.29 Å². The van der Waals surface area contributed by atoms with Crippen molar-refractivity contribution in [3.8, 4) is 11.5 Å². The van der Waals surface area contributed by atoms with Gasteiger partial charge in [0.25, 0.3) is 5.91 Å². The molecule has 1 aromatic heterocycles. The zero-order valence-corrected chi connectivity index (χ0v) is 13.8. The lowest BCUT2D eigenvalue weighted by molar-refractivity contribution is -0.286. The smallest absolute Gasteiger partial charge is 0.395 e. The molecule has 4 rings (SSSR count). The monoisotopic (exact) mass is 384 g/mol. The molecule has 2 aromatic rings. The summed E-state index contributed by atoms with van der Waals surface area (Å²) < 4.78 is 45.8. The van der Waals surface area contributed by atoms with E-state index in [-0.39, 0.29) is 27.9 Å². The van der Waals surface area contributed by atoms with Gasteiger partial charge in [0.15, 0.2) is 11.5 Å². The number of pyridine rings is 1. The van der Waals surface area contributed by atoms with Gasteiger partial charge in [-0.15, -0.1) is 8.78 Å². The van der Waals surface area contributed by atoms with E-state index in [4.69, 9.17) is 21.1 Å². The maximum atomic E-state index is 13.2. The number of aromatic nitrogens is 1. The Balaban J connectivity index is 1.55. The van der Waals surface area contributed by atoms with Gasteiger partial charge in [0.1, 0.15) is 5.15 Å². The Labute approximate surface area is 150 Å². The van der Waals surface area contributed by atoms with E-state index in [1.807, 2.05) is 0 Å². The lowest BCUT2D eigenvalue weighted by atomic mass is 10.2. The van der Waals surface area contributed by atoms with Crippen LogP contribution >= 0.6 is 11.6 Å². The summed E-state index contributed by atoms with van der Waals surface area (Å²) >= 11 is 6.07. The highest BCUT2D eigenvalue weighted by Crippen LogP contribution is 2.45. The van der Waals surface area contributed by atoms with Gasteiger partial charge in [-0.25, -0.2) is 4.98 Å². The van der Waals surface area contributed by atoms with Crippen LogP contribution in [0.1, 0.15) is 22.3 Å². The van der Waals surface area contributed by atoms with Crippen molar-refractivity contribution in [3.63, 3.8) is 0 Å². The molecule has 136 valence electrons. The fraction of sp³-hybridized carbons (Fsp3) is 0.250. The first-order chi connectivity index (χ1) is 12.4. The van der Waals surface area contributed by atoms with Crippen molar-refractivity contribution in [1.82, 2.24) is 4.98 Å². The maximum absolute atomic E-state index is 13.2. The largest absolute Gasteiger partial charge is 0.586 e. The molecule has 7 nitrogen and oxygen atoms in total. The lowest BCUT2D eigenvalue weighted by Crippen LogP contribution is -2.26. The minimum Gasteiger partial charge on any atom is -0.395 e.